The second-order valence-corrected chi connectivity index (χ2v) is 7.66. The van der Waals surface area contributed by atoms with Crippen LogP contribution in [0.2, 0.25) is 5.02 Å². The first-order valence-electron chi connectivity index (χ1n) is 8.90. The van der Waals surface area contributed by atoms with E-state index in [2.05, 4.69) is 10.3 Å². The maximum absolute atomic E-state index is 12.9. The molecule has 1 aromatic heterocycles. The topological polar surface area (TPSA) is 116 Å². The lowest BCUT2D eigenvalue weighted by Crippen LogP contribution is -2.26. The number of hydrogen-bond acceptors (Lipinski definition) is 6. The van der Waals surface area contributed by atoms with Gasteiger partial charge in [0.05, 0.1) is 29.8 Å². The Morgan fingerprint density at radius 1 is 1.23 bits per heavy atom. The molecule has 0 aliphatic carbocycles. The Kier molecular flexibility index (Phi) is 7.09. The number of nitrogens with zero attached hydrogens (tertiary/aromatic N) is 2. The van der Waals surface area contributed by atoms with Crippen molar-refractivity contribution in [1.82, 2.24) is 9.55 Å². The van der Waals surface area contributed by atoms with Crippen molar-refractivity contribution in [3.8, 4) is 0 Å². The number of ether oxygens (including phenoxy) is 1. The molecule has 1 heterocycles. The zero-order valence-corrected chi connectivity index (χ0v) is 17.6. The standard InChI is InChI=1S/C20H19ClN4O4S/c1-29-9-8-25-19(28)15-7-4-13(21)10-16(15)24-20(25)30-11-17(26)23-14-5-2-12(3-6-14)18(22)27/h2-7,10H,8-9,11H2,1H3,(H2,22,27)(H,23,26). The lowest BCUT2D eigenvalue weighted by molar-refractivity contribution is -0.113. The van der Waals surface area contributed by atoms with Crippen molar-refractivity contribution in [2.24, 2.45) is 5.73 Å². The quantitative estimate of drug-likeness (QED) is 0.405. The van der Waals surface area contributed by atoms with Crippen LogP contribution in [0.3, 0.4) is 0 Å². The molecule has 8 nitrogen and oxygen atoms in total. The first kappa shape index (κ1) is 21.8. The summed E-state index contributed by atoms with van der Waals surface area (Å²) in [5.74, 6) is -0.797. The molecule has 0 bridgehead atoms. The van der Waals surface area contributed by atoms with E-state index in [1.807, 2.05) is 0 Å². The molecule has 3 rings (SSSR count). The number of fused-ring (bicyclic) bond motifs is 1. The van der Waals surface area contributed by atoms with E-state index >= 15 is 0 Å². The summed E-state index contributed by atoms with van der Waals surface area (Å²) in [6, 6.07) is 11.1. The fraction of sp³-hybridized carbons (Fsp3) is 0.200. The van der Waals surface area contributed by atoms with Crippen LogP contribution in [0, 0.1) is 0 Å². The number of aromatic nitrogens is 2. The van der Waals surface area contributed by atoms with Crippen molar-refractivity contribution in [2.75, 3.05) is 24.8 Å². The molecule has 2 aromatic carbocycles. The molecule has 0 spiro atoms. The van der Waals surface area contributed by atoms with E-state index in [0.717, 1.165) is 11.8 Å². The second-order valence-electron chi connectivity index (χ2n) is 6.28. The molecule has 0 atom stereocenters. The number of halogens is 1. The number of nitrogens with one attached hydrogen (secondary N) is 1. The average molecular weight is 447 g/mol. The van der Waals surface area contributed by atoms with E-state index in [0.29, 0.717) is 45.5 Å². The number of nitrogens with two attached hydrogens (primary N) is 1. The van der Waals surface area contributed by atoms with Gasteiger partial charge in [-0.1, -0.05) is 23.4 Å². The van der Waals surface area contributed by atoms with E-state index in [1.54, 1.807) is 37.4 Å². The van der Waals surface area contributed by atoms with Crippen molar-refractivity contribution in [3.63, 3.8) is 0 Å². The normalized spacial score (nSPS) is 10.9. The highest BCUT2D eigenvalue weighted by Gasteiger charge is 2.14. The van der Waals surface area contributed by atoms with Crippen molar-refractivity contribution in [3.05, 3.63) is 63.4 Å². The third-order valence-corrected chi connectivity index (χ3v) is 5.40. The summed E-state index contributed by atoms with van der Waals surface area (Å²) < 4.78 is 6.57. The Morgan fingerprint density at radius 2 is 1.97 bits per heavy atom. The molecule has 2 amide bonds. The maximum atomic E-state index is 12.9. The van der Waals surface area contributed by atoms with Gasteiger partial charge in [-0.15, -0.1) is 0 Å². The number of carbonyl (C=O) groups excluding carboxylic acids is 2. The molecule has 156 valence electrons. The number of methoxy groups -OCH3 is 1. The third-order valence-electron chi connectivity index (χ3n) is 4.19. The minimum Gasteiger partial charge on any atom is -0.383 e. The zero-order valence-electron chi connectivity index (χ0n) is 16.1. The Labute approximate surface area is 181 Å². The Balaban J connectivity index is 1.78. The van der Waals surface area contributed by atoms with Crippen molar-refractivity contribution >= 4 is 51.8 Å². The summed E-state index contributed by atoms with van der Waals surface area (Å²) in [5, 5.41) is 4.04. The van der Waals surface area contributed by atoms with E-state index in [4.69, 9.17) is 22.1 Å². The van der Waals surface area contributed by atoms with Crippen LogP contribution in [0.1, 0.15) is 10.4 Å². The smallest absolute Gasteiger partial charge is 0.262 e. The number of benzene rings is 2. The lowest BCUT2D eigenvalue weighted by atomic mass is 10.2. The van der Waals surface area contributed by atoms with Crippen LogP contribution in [0.5, 0.6) is 0 Å². The number of hydrogen-bond donors (Lipinski definition) is 2. The van der Waals surface area contributed by atoms with Crippen LogP contribution in [-0.4, -0.2) is 40.8 Å². The highest BCUT2D eigenvalue weighted by molar-refractivity contribution is 7.99. The molecule has 0 fully saturated rings. The lowest BCUT2D eigenvalue weighted by Gasteiger charge is -2.13. The monoisotopic (exact) mass is 446 g/mol. The SMILES string of the molecule is COCCn1c(SCC(=O)Nc2ccc(C(N)=O)cc2)nc2cc(Cl)ccc2c1=O. The summed E-state index contributed by atoms with van der Waals surface area (Å²) in [4.78, 5) is 40.8. The zero-order chi connectivity index (χ0) is 21.7. The van der Waals surface area contributed by atoms with E-state index in [1.165, 1.54) is 16.7 Å². The van der Waals surface area contributed by atoms with Gasteiger partial charge in [0.1, 0.15) is 0 Å². The van der Waals surface area contributed by atoms with Crippen molar-refractivity contribution < 1.29 is 14.3 Å². The van der Waals surface area contributed by atoms with Crippen LogP contribution in [0.25, 0.3) is 10.9 Å². The fourth-order valence-corrected chi connectivity index (χ4v) is 3.70. The number of anilines is 1. The predicted octanol–water partition coefficient (Wildman–Crippen LogP) is 2.53. The minimum absolute atomic E-state index is 0.0308. The number of amides is 2. The van der Waals surface area contributed by atoms with Crippen LogP contribution >= 0.6 is 23.4 Å². The average Bonchev–Trinajstić information content (AvgIpc) is 2.72. The van der Waals surface area contributed by atoms with Gasteiger partial charge in [0, 0.05) is 23.4 Å². The molecule has 30 heavy (non-hydrogen) atoms. The largest absolute Gasteiger partial charge is 0.383 e. The van der Waals surface area contributed by atoms with Gasteiger partial charge < -0.3 is 15.8 Å². The number of carbonyl (C=O) groups is 2. The third kappa shape index (κ3) is 5.18. The minimum atomic E-state index is -0.542. The van der Waals surface area contributed by atoms with Gasteiger partial charge in [-0.3, -0.25) is 19.0 Å². The van der Waals surface area contributed by atoms with Gasteiger partial charge in [-0.25, -0.2) is 4.98 Å². The predicted molar refractivity (Wildman–Crippen MR) is 117 cm³/mol. The van der Waals surface area contributed by atoms with E-state index in [-0.39, 0.29) is 17.2 Å². The Morgan fingerprint density at radius 3 is 2.63 bits per heavy atom. The van der Waals surface area contributed by atoms with E-state index < -0.39 is 5.91 Å². The number of thioether (sulfide) groups is 1. The molecular weight excluding hydrogens is 428 g/mol. The van der Waals surface area contributed by atoms with Gasteiger partial charge in [-0.2, -0.15) is 0 Å². The molecule has 0 radical (unpaired) electrons. The van der Waals surface area contributed by atoms with Crippen LogP contribution < -0.4 is 16.6 Å². The molecule has 0 saturated carbocycles. The fourth-order valence-electron chi connectivity index (χ4n) is 2.71. The van der Waals surface area contributed by atoms with Crippen molar-refractivity contribution in [1.29, 1.82) is 0 Å². The van der Waals surface area contributed by atoms with Gasteiger partial charge >= 0.3 is 0 Å². The van der Waals surface area contributed by atoms with Crippen LogP contribution in [0.15, 0.2) is 52.4 Å². The molecule has 0 unspecified atom stereocenters. The van der Waals surface area contributed by atoms with Crippen LogP contribution in [0.4, 0.5) is 5.69 Å². The number of primary amides is 1. The Hall–Kier alpha value is -2.88. The van der Waals surface area contributed by atoms with E-state index in [9.17, 15) is 14.4 Å². The first-order valence-corrected chi connectivity index (χ1v) is 10.3. The van der Waals surface area contributed by atoms with Crippen molar-refractivity contribution in [2.45, 2.75) is 11.7 Å². The highest BCUT2D eigenvalue weighted by Crippen LogP contribution is 2.21. The van der Waals surface area contributed by atoms with Crippen LogP contribution in [-0.2, 0) is 16.1 Å². The summed E-state index contributed by atoms with van der Waals surface area (Å²) >= 11 is 7.16. The molecule has 0 saturated heterocycles. The summed E-state index contributed by atoms with van der Waals surface area (Å²) in [7, 11) is 1.54. The van der Waals surface area contributed by atoms with Gasteiger partial charge in [0.25, 0.3) is 5.56 Å². The summed E-state index contributed by atoms with van der Waals surface area (Å²) in [6.07, 6.45) is 0. The second kappa shape index (κ2) is 9.75. The van der Waals surface area contributed by atoms with Gasteiger partial charge in [-0.05, 0) is 42.5 Å². The number of rotatable bonds is 8. The summed E-state index contributed by atoms with van der Waals surface area (Å²) in [5.41, 5.74) is 6.32. The Bertz CT molecular complexity index is 1150. The molecular formula is C20H19ClN4O4S. The van der Waals surface area contributed by atoms with Gasteiger partial charge in [0.15, 0.2) is 5.16 Å². The molecule has 0 aliphatic heterocycles. The molecule has 10 heteroatoms. The molecule has 3 aromatic rings. The first-order chi connectivity index (χ1) is 14.4. The molecule has 0 aliphatic rings. The highest BCUT2D eigenvalue weighted by atomic mass is 35.5. The maximum Gasteiger partial charge on any atom is 0.262 e. The van der Waals surface area contributed by atoms with Gasteiger partial charge in [0.2, 0.25) is 11.8 Å². The summed E-state index contributed by atoms with van der Waals surface area (Å²) in [6.45, 7) is 0.631. The molecule has 3 N–H and O–H groups in total.